The quantitative estimate of drug-likeness (QED) is 0.731. The summed E-state index contributed by atoms with van der Waals surface area (Å²) < 4.78 is 6.01. The van der Waals surface area contributed by atoms with Gasteiger partial charge in [0.15, 0.2) is 0 Å². The maximum Gasteiger partial charge on any atom is 0.315 e. The SMILES string of the molecule is CC1(C)CC(NC(=O)NC2CCCCC2)c2cc(N)ccc2O1. The Hall–Kier alpha value is -1.91. The standard InChI is InChI=1S/C18H27N3O2/c1-18(2)11-15(14-10-12(19)8-9-16(14)23-18)21-17(22)20-13-6-4-3-5-7-13/h8-10,13,15H,3-7,11,19H2,1-2H3,(H2,20,21,22). The smallest absolute Gasteiger partial charge is 0.315 e. The van der Waals surface area contributed by atoms with Gasteiger partial charge in [-0.3, -0.25) is 0 Å². The summed E-state index contributed by atoms with van der Waals surface area (Å²) in [6.45, 7) is 4.08. The van der Waals surface area contributed by atoms with Gasteiger partial charge in [0.05, 0.1) is 6.04 Å². The molecule has 1 saturated carbocycles. The van der Waals surface area contributed by atoms with E-state index in [4.69, 9.17) is 10.5 Å². The van der Waals surface area contributed by atoms with Gasteiger partial charge in [0, 0.05) is 23.7 Å². The van der Waals surface area contributed by atoms with Crippen LogP contribution >= 0.6 is 0 Å². The first-order valence-electron chi connectivity index (χ1n) is 8.58. The molecule has 1 aromatic rings. The van der Waals surface area contributed by atoms with Crippen molar-refractivity contribution < 1.29 is 9.53 Å². The minimum atomic E-state index is -0.314. The molecule has 3 rings (SSSR count). The molecule has 1 fully saturated rings. The van der Waals surface area contributed by atoms with E-state index in [1.165, 1.54) is 19.3 Å². The molecule has 1 aliphatic carbocycles. The number of carbonyl (C=O) groups is 1. The molecule has 2 aliphatic rings. The van der Waals surface area contributed by atoms with Crippen molar-refractivity contribution in [1.29, 1.82) is 0 Å². The van der Waals surface area contributed by atoms with Gasteiger partial charge < -0.3 is 21.1 Å². The number of carbonyl (C=O) groups excluding carboxylic acids is 1. The second-order valence-electron chi connectivity index (χ2n) is 7.37. The molecule has 0 aromatic heterocycles. The lowest BCUT2D eigenvalue weighted by Crippen LogP contribution is -2.47. The zero-order valence-electron chi connectivity index (χ0n) is 14.0. The number of nitrogens with one attached hydrogen (secondary N) is 2. The fourth-order valence-corrected chi connectivity index (χ4v) is 3.63. The first kappa shape index (κ1) is 16.0. The van der Waals surface area contributed by atoms with E-state index < -0.39 is 0 Å². The van der Waals surface area contributed by atoms with Gasteiger partial charge in [0.1, 0.15) is 11.4 Å². The molecule has 1 heterocycles. The number of ether oxygens (including phenoxy) is 1. The van der Waals surface area contributed by atoms with Crippen LogP contribution in [0.4, 0.5) is 10.5 Å². The predicted octanol–water partition coefficient (Wildman–Crippen LogP) is 3.50. The number of benzene rings is 1. The van der Waals surface area contributed by atoms with Crippen LogP contribution in [0.5, 0.6) is 5.75 Å². The number of nitrogen functional groups attached to an aromatic ring is 1. The molecule has 0 bridgehead atoms. The fourth-order valence-electron chi connectivity index (χ4n) is 3.63. The van der Waals surface area contributed by atoms with Crippen LogP contribution in [-0.4, -0.2) is 17.7 Å². The third-order valence-electron chi connectivity index (χ3n) is 4.74. The highest BCUT2D eigenvalue weighted by atomic mass is 16.5. The summed E-state index contributed by atoms with van der Waals surface area (Å²) in [6, 6.07) is 5.75. The van der Waals surface area contributed by atoms with Crippen LogP contribution in [0.15, 0.2) is 18.2 Å². The van der Waals surface area contributed by atoms with Crippen molar-refractivity contribution in [3.63, 3.8) is 0 Å². The Morgan fingerprint density at radius 3 is 2.70 bits per heavy atom. The van der Waals surface area contributed by atoms with Gasteiger partial charge in [0.2, 0.25) is 0 Å². The van der Waals surface area contributed by atoms with Crippen molar-refractivity contribution in [2.75, 3.05) is 5.73 Å². The van der Waals surface area contributed by atoms with Gasteiger partial charge in [0.25, 0.3) is 0 Å². The lowest BCUT2D eigenvalue weighted by atomic mass is 9.89. The van der Waals surface area contributed by atoms with Gasteiger partial charge in [-0.15, -0.1) is 0 Å². The molecule has 126 valence electrons. The molecular formula is C18H27N3O2. The Kier molecular flexibility index (Phi) is 4.37. The molecule has 1 atom stereocenters. The van der Waals surface area contributed by atoms with E-state index in [0.29, 0.717) is 11.7 Å². The van der Waals surface area contributed by atoms with Gasteiger partial charge in [-0.25, -0.2) is 4.79 Å². The number of fused-ring (bicyclic) bond motifs is 1. The van der Waals surface area contributed by atoms with Crippen molar-refractivity contribution in [3.05, 3.63) is 23.8 Å². The first-order valence-corrected chi connectivity index (χ1v) is 8.58. The summed E-state index contributed by atoms with van der Waals surface area (Å²) in [4.78, 5) is 12.4. The number of anilines is 1. The third kappa shape index (κ3) is 3.89. The highest BCUT2D eigenvalue weighted by Crippen LogP contribution is 2.40. The number of amides is 2. The second kappa shape index (κ2) is 6.30. The Balaban J connectivity index is 1.71. The van der Waals surface area contributed by atoms with Gasteiger partial charge in [-0.1, -0.05) is 19.3 Å². The number of urea groups is 1. The maximum atomic E-state index is 12.4. The van der Waals surface area contributed by atoms with E-state index in [1.807, 2.05) is 32.0 Å². The predicted molar refractivity (Wildman–Crippen MR) is 91.5 cm³/mol. The van der Waals surface area contributed by atoms with Crippen LogP contribution in [0, 0.1) is 0 Å². The molecule has 23 heavy (non-hydrogen) atoms. The minimum Gasteiger partial charge on any atom is -0.487 e. The molecule has 0 saturated heterocycles. The van der Waals surface area contributed by atoms with Crippen LogP contribution in [-0.2, 0) is 0 Å². The highest BCUT2D eigenvalue weighted by molar-refractivity contribution is 5.75. The topological polar surface area (TPSA) is 76.4 Å². The van der Waals surface area contributed by atoms with E-state index in [9.17, 15) is 4.79 Å². The summed E-state index contributed by atoms with van der Waals surface area (Å²) >= 11 is 0. The largest absolute Gasteiger partial charge is 0.487 e. The van der Waals surface area contributed by atoms with Crippen molar-refractivity contribution in [3.8, 4) is 5.75 Å². The molecule has 5 heteroatoms. The van der Waals surface area contributed by atoms with Crippen molar-refractivity contribution >= 4 is 11.7 Å². The molecule has 5 nitrogen and oxygen atoms in total. The molecule has 1 aliphatic heterocycles. The van der Waals surface area contributed by atoms with E-state index >= 15 is 0 Å². The summed E-state index contributed by atoms with van der Waals surface area (Å²) in [7, 11) is 0. The minimum absolute atomic E-state index is 0.0826. The normalized spacial score (nSPS) is 23.5. The average Bonchev–Trinajstić information content (AvgIpc) is 2.48. The molecule has 4 N–H and O–H groups in total. The van der Waals surface area contributed by atoms with E-state index in [-0.39, 0.29) is 17.7 Å². The highest BCUT2D eigenvalue weighted by Gasteiger charge is 2.34. The van der Waals surface area contributed by atoms with Gasteiger partial charge in [-0.05, 0) is 44.9 Å². The molecule has 1 unspecified atom stereocenters. The van der Waals surface area contributed by atoms with Crippen LogP contribution in [0.3, 0.4) is 0 Å². The zero-order valence-corrected chi connectivity index (χ0v) is 14.0. The zero-order chi connectivity index (χ0) is 16.4. The Labute approximate surface area is 138 Å². The number of nitrogens with two attached hydrogens (primary N) is 1. The van der Waals surface area contributed by atoms with E-state index in [2.05, 4.69) is 10.6 Å². The van der Waals surface area contributed by atoms with E-state index in [1.54, 1.807) is 0 Å². The Morgan fingerprint density at radius 1 is 1.22 bits per heavy atom. The maximum absolute atomic E-state index is 12.4. The van der Waals surface area contributed by atoms with Crippen molar-refractivity contribution in [2.45, 2.75) is 70.1 Å². The summed E-state index contributed by atoms with van der Waals surface area (Å²) in [5, 5.41) is 6.24. The Bertz CT molecular complexity index is 580. The van der Waals surface area contributed by atoms with Crippen LogP contribution in [0.2, 0.25) is 0 Å². The molecule has 0 spiro atoms. The number of hydrogen-bond donors (Lipinski definition) is 3. The Morgan fingerprint density at radius 2 is 1.96 bits per heavy atom. The monoisotopic (exact) mass is 317 g/mol. The van der Waals surface area contributed by atoms with Crippen LogP contribution < -0.4 is 21.1 Å². The van der Waals surface area contributed by atoms with E-state index in [0.717, 1.165) is 30.6 Å². The third-order valence-corrected chi connectivity index (χ3v) is 4.74. The number of rotatable bonds is 2. The molecule has 2 amide bonds. The van der Waals surface area contributed by atoms with Crippen molar-refractivity contribution in [2.24, 2.45) is 0 Å². The van der Waals surface area contributed by atoms with Gasteiger partial charge >= 0.3 is 6.03 Å². The fraction of sp³-hybridized carbons (Fsp3) is 0.611. The molecule has 0 radical (unpaired) electrons. The van der Waals surface area contributed by atoms with Gasteiger partial charge in [-0.2, -0.15) is 0 Å². The first-order chi connectivity index (χ1) is 10.9. The summed E-state index contributed by atoms with van der Waals surface area (Å²) in [5.41, 5.74) is 7.24. The second-order valence-corrected chi connectivity index (χ2v) is 7.37. The lowest BCUT2D eigenvalue weighted by Gasteiger charge is -2.38. The number of hydrogen-bond acceptors (Lipinski definition) is 3. The van der Waals surface area contributed by atoms with Crippen molar-refractivity contribution in [1.82, 2.24) is 10.6 Å². The van der Waals surface area contributed by atoms with Crippen LogP contribution in [0.25, 0.3) is 0 Å². The molecular weight excluding hydrogens is 290 g/mol. The lowest BCUT2D eigenvalue weighted by molar-refractivity contribution is 0.0678. The average molecular weight is 317 g/mol. The molecule has 1 aromatic carbocycles. The summed E-state index contributed by atoms with van der Waals surface area (Å²) in [5.74, 6) is 0.804. The van der Waals surface area contributed by atoms with Crippen LogP contribution in [0.1, 0.15) is 64.0 Å². The summed E-state index contributed by atoms with van der Waals surface area (Å²) in [6.07, 6.45) is 6.57.